The van der Waals surface area contributed by atoms with Gasteiger partial charge in [-0.1, -0.05) is 31.0 Å². The van der Waals surface area contributed by atoms with Crippen molar-refractivity contribution in [2.45, 2.75) is 56.9 Å². The standard InChI is InChI=1S/C25H33N3O5S/c1-6-16-7-8-17(21(9-16)32-4)12-26-24(30)20-11-19(29)13-28(20)25(31)23(15(2)3)22-10-18(14-34-5)27-33-22/h1,7-10,15,19-20,23,25,29,31H,11-14H2,2-5H3,(H,26,30)/t19-,20+,23?,25?/m1/s1. The van der Waals surface area contributed by atoms with Gasteiger partial charge in [-0.25, -0.2) is 0 Å². The zero-order valence-electron chi connectivity index (χ0n) is 20.0. The van der Waals surface area contributed by atoms with Crippen molar-refractivity contribution in [2.75, 3.05) is 19.9 Å². The van der Waals surface area contributed by atoms with Crippen molar-refractivity contribution in [1.29, 1.82) is 0 Å². The lowest BCUT2D eigenvalue weighted by Crippen LogP contribution is -2.50. The minimum atomic E-state index is -1.02. The smallest absolute Gasteiger partial charge is 0.237 e. The van der Waals surface area contributed by atoms with E-state index in [4.69, 9.17) is 15.7 Å². The first-order chi connectivity index (χ1) is 16.3. The van der Waals surface area contributed by atoms with Crippen LogP contribution in [0.1, 0.15) is 48.8 Å². The summed E-state index contributed by atoms with van der Waals surface area (Å²) in [5.74, 6) is 3.78. The van der Waals surface area contributed by atoms with Crippen LogP contribution in [0.4, 0.5) is 0 Å². The van der Waals surface area contributed by atoms with E-state index in [2.05, 4.69) is 16.4 Å². The number of aliphatic hydroxyl groups is 2. The number of ether oxygens (including phenoxy) is 1. The van der Waals surface area contributed by atoms with Crippen LogP contribution >= 0.6 is 11.8 Å². The topological polar surface area (TPSA) is 108 Å². The Kier molecular flexibility index (Phi) is 9.03. The first-order valence-corrected chi connectivity index (χ1v) is 12.7. The Balaban J connectivity index is 1.75. The maximum Gasteiger partial charge on any atom is 0.237 e. The van der Waals surface area contributed by atoms with Crippen LogP contribution in [0.25, 0.3) is 0 Å². The molecule has 1 aromatic heterocycles. The van der Waals surface area contributed by atoms with Gasteiger partial charge in [0.25, 0.3) is 0 Å². The fourth-order valence-corrected chi connectivity index (χ4v) is 4.83. The monoisotopic (exact) mass is 487 g/mol. The van der Waals surface area contributed by atoms with Gasteiger partial charge in [0.05, 0.1) is 30.9 Å². The molecule has 0 radical (unpaired) electrons. The SMILES string of the molecule is C#Cc1ccc(CNC(=O)[C@@H]2C[C@@H](O)CN2C(O)C(c2cc(CSC)no2)C(C)C)c(OC)c1. The van der Waals surface area contributed by atoms with Crippen LogP contribution in [0.15, 0.2) is 28.8 Å². The van der Waals surface area contributed by atoms with Crippen LogP contribution in [0, 0.1) is 18.3 Å². The summed E-state index contributed by atoms with van der Waals surface area (Å²) in [6.45, 7) is 4.39. The van der Waals surface area contributed by atoms with Crippen LogP contribution in [0.3, 0.4) is 0 Å². The van der Waals surface area contributed by atoms with E-state index in [1.165, 1.54) is 0 Å². The summed E-state index contributed by atoms with van der Waals surface area (Å²) >= 11 is 1.63. The van der Waals surface area contributed by atoms with Crippen LogP contribution in [-0.4, -0.2) is 64.5 Å². The minimum Gasteiger partial charge on any atom is -0.496 e. The summed E-state index contributed by atoms with van der Waals surface area (Å²) in [4.78, 5) is 14.8. The summed E-state index contributed by atoms with van der Waals surface area (Å²) in [6, 6.07) is 6.52. The third-order valence-electron chi connectivity index (χ3n) is 6.10. The molecule has 8 nitrogen and oxygen atoms in total. The summed E-state index contributed by atoms with van der Waals surface area (Å²) in [6.07, 6.45) is 5.92. The molecule has 2 aromatic rings. The van der Waals surface area contributed by atoms with Crippen LogP contribution in [0.2, 0.25) is 0 Å². The van der Waals surface area contributed by atoms with Gasteiger partial charge in [0.2, 0.25) is 5.91 Å². The second kappa shape index (κ2) is 11.8. The van der Waals surface area contributed by atoms with Gasteiger partial charge >= 0.3 is 0 Å². The lowest BCUT2D eigenvalue weighted by molar-refractivity contribution is -0.131. The molecule has 184 valence electrons. The molecule has 0 spiro atoms. The number of amides is 1. The van der Waals surface area contributed by atoms with Crippen molar-refractivity contribution in [2.24, 2.45) is 5.92 Å². The number of hydrogen-bond donors (Lipinski definition) is 3. The highest BCUT2D eigenvalue weighted by Gasteiger charge is 2.43. The molecule has 34 heavy (non-hydrogen) atoms. The van der Waals surface area contributed by atoms with Crippen molar-refractivity contribution >= 4 is 17.7 Å². The lowest BCUT2D eigenvalue weighted by Gasteiger charge is -2.34. The Morgan fingerprint density at radius 3 is 2.85 bits per heavy atom. The highest BCUT2D eigenvalue weighted by atomic mass is 32.2. The zero-order chi connectivity index (χ0) is 24.8. The summed E-state index contributed by atoms with van der Waals surface area (Å²) in [7, 11) is 1.55. The predicted molar refractivity (Wildman–Crippen MR) is 131 cm³/mol. The second-order valence-corrected chi connectivity index (χ2v) is 9.69. The molecule has 0 bridgehead atoms. The highest BCUT2D eigenvalue weighted by Crippen LogP contribution is 2.34. The van der Waals surface area contributed by atoms with Gasteiger partial charge in [-0.3, -0.25) is 9.69 Å². The van der Waals surface area contributed by atoms with Gasteiger partial charge in [0, 0.05) is 36.0 Å². The lowest BCUT2D eigenvalue weighted by atomic mass is 9.90. The molecule has 1 aliphatic heterocycles. The fraction of sp³-hybridized carbons (Fsp3) is 0.520. The van der Waals surface area contributed by atoms with E-state index in [1.807, 2.05) is 32.2 Å². The highest BCUT2D eigenvalue weighted by molar-refractivity contribution is 7.97. The quantitative estimate of drug-likeness (QED) is 0.439. The maximum atomic E-state index is 13.1. The number of hydrogen-bond acceptors (Lipinski definition) is 8. The number of likely N-dealkylation sites (tertiary alicyclic amines) is 1. The Morgan fingerprint density at radius 1 is 1.44 bits per heavy atom. The first kappa shape index (κ1) is 26.1. The van der Waals surface area contributed by atoms with E-state index in [0.29, 0.717) is 22.8 Å². The van der Waals surface area contributed by atoms with Crippen molar-refractivity contribution in [1.82, 2.24) is 15.4 Å². The van der Waals surface area contributed by atoms with Gasteiger partial charge in [-0.15, -0.1) is 6.42 Å². The van der Waals surface area contributed by atoms with Gasteiger partial charge in [-0.05, 0) is 30.7 Å². The minimum absolute atomic E-state index is 0.0189. The molecule has 1 fully saturated rings. The Hall–Kier alpha value is -2.51. The molecule has 1 amide bonds. The van der Waals surface area contributed by atoms with E-state index in [9.17, 15) is 15.0 Å². The number of β-amino-alcohol motifs (C(OH)–C–C–N with tert-alkyl or cyclic N) is 1. The first-order valence-electron chi connectivity index (χ1n) is 11.3. The molecule has 2 unspecified atom stereocenters. The molecule has 0 saturated carbocycles. The van der Waals surface area contributed by atoms with Gasteiger partial charge in [0.15, 0.2) is 0 Å². The van der Waals surface area contributed by atoms with E-state index in [-0.39, 0.29) is 31.3 Å². The normalized spacial score (nSPS) is 20.2. The van der Waals surface area contributed by atoms with Crippen molar-refractivity contribution in [3.63, 3.8) is 0 Å². The van der Waals surface area contributed by atoms with E-state index >= 15 is 0 Å². The third kappa shape index (κ3) is 5.94. The summed E-state index contributed by atoms with van der Waals surface area (Å²) < 4.78 is 10.9. The largest absolute Gasteiger partial charge is 0.496 e. The molecule has 1 saturated heterocycles. The Morgan fingerprint density at radius 2 is 2.21 bits per heavy atom. The van der Waals surface area contributed by atoms with Gasteiger partial charge in [-0.2, -0.15) is 11.8 Å². The van der Waals surface area contributed by atoms with Crippen molar-refractivity contribution in [3.05, 3.63) is 46.8 Å². The molecule has 0 aliphatic carbocycles. The Bertz CT molecular complexity index is 1020. The number of thioether (sulfide) groups is 1. The number of carbonyl (C=O) groups is 1. The fourth-order valence-electron chi connectivity index (χ4n) is 4.40. The third-order valence-corrected chi connectivity index (χ3v) is 6.69. The molecule has 1 aromatic carbocycles. The number of aliphatic hydroxyl groups excluding tert-OH is 2. The number of carbonyl (C=O) groups excluding carboxylic acids is 1. The van der Waals surface area contributed by atoms with Crippen molar-refractivity contribution < 1.29 is 24.3 Å². The van der Waals surface area contributed by atoms with Gasteiger partial charge < -0.3 is 24.8 Å². The predicted octanol–water partition coefficient (Wildman–Crippen LogP) is 2.34. The van der Waals surface area contributed by atoms with E-state index in [0.717, 1.165) is 11.3 Å². The molecular formula is C25H33N3O5S. The van der Waals surface area contributed by atoms with E-state index < -0.39 is 24.3 Å². The molecule has 3 N–H and O–H groups in total. The second-order valence-electron chi connectivity index (χ2n) is 8.83. The number of benzene rings is 1. The number of terminal acetylenes is 1. The molecule has 9 heteroatoms. The molecule has 4 atom stereocenters. The molecule has 3 rings (SSSR count). The van der Waals surface area contributed by atoms with E-state index in [1.54, 1.807) is 35.9 Å². The van der Waals surface area contributed by atoms with Gasteiger partial charge in [0.1, 0.15) is 17.7 Å². The molecule has 2 heterocycles. The number of aromatic nitrogens is 1. The van der Waals surface area contributed by atoms with Crippen LogP contribution in [0.5, 0.6) is 5.75 Å². The van der Waals surface area contributed by atoms with Crippen molar-refractivity contribution in [3.8, 4) is 18.1 Å². The summed E-state index contributed by atoms with van der Waals surface area (Å²) in [5.41, 5.74) is 2.28. The van der Waals surface area contributed by atoms with Crippen LogP contribution in [-0.2, 0) is 17.1 Å². The summed E-state index contributed by atoms with van der Waals surface area (Å²) in [5, 5.41) is 28.7. The number of methoxy groups -OCH3 is 1. The average molecular weight is 488 g/mol. The number of nitrogens with zero attached hydrogens (tertiary/aromatic N) is 2. The molecule has 1 aliphatic rings. The van der Waals surface area contributed by atoms with Crippen LogP contribution < -0.4 is 10.1 Å². The maximum absolute atomic E-state index is 13.1. The number of nitrogens with one attached hydrogen (secondary N) is 1. The molecular weight excluding hydrogens is 454 g/mol. The average Bonchev–Trinajstić information content (AvgIpc) is 3.44. The number of rotatable bonds is 10. The Labute approximate surface area is 205 Å². The zero-order valence-corrected chi connectivity index (χ0v) is 20.8.